The SMILES string of the molecule is CC.C\C=C/C(=C\C)/C=C(\C)CNC(=O)CN. The molecule has 0 atom stereocenters. The number of hydrogen-bond donors (Lipinski definition) is 2. The van der Waals surface area contributed by atoms with Gasteiger partial charge in [0.05, 0.1) is 6.54 Å². The van der Waals surface area contributed by atoms with Crippen molar-refractivity contribution >= 4 is 5.91 Å². The van der Waals surface area contributed by atoms with E-state index in [1.807, 2.05) is 58.9 Å². The van der Waals surface area contributed by atoms with Crippen LogP contribution in [0.1, 0.15) is 34.6 Å². The second-order valence-electron chi connectivity index (χ2n) is 3.26. The van der Waals surface area contributed by atoms with Crippen molar-refractivity contribution in [3.63, 3.8) is 0 Å². The van der Waals surface area contributed by atoms with Crippen LogP contribution < -0.4 is 11.1 Å². The Bertz CT molecular complexity index is 289. The van der Waals surface area contributed by atoms with Gasteiger partial charge in [0, 0.05) is 6.54 Å². The van der Waals surface area contributed by atoms with Crippen LogP contribution in [0.5, 0.6) is 0 Å². The molecule has 0 aliphatic heterocycles. The quantitative estimate of drug-likeness (QED) is 0.723. The third kappa shape index (κ3) is 10.9. The van der Waals surface area contributed by atoms with Gasteiger partial charge in [-0.3, -0.25) is 4.79 Å². The van der Waals surface area contributed by atoms with E-state index in [9.17, 15) is 4.79 Å². The molecule has 0 saturated carbocycles. The van der Waals surface area contributed by atoms with Gasteiger partial charge in [0.1, 0.15) is 0 Å². The van der Waals surface area contributed by atoms with Crippen LogP contribution in [-0.4, -0.2) is 19.0 Å². The summed E-state index contributed by atoms with van der Waals surface area (Å²) in [4.78, 5) is 10.9. The lowest BCUT2D eigenvalue weighted by Crippen LogP contribution is -2.31. The molecule has 0 aromatic carbocycles. The molecule has 0 spiro atoms. The zero-order valence-electron chi connectivity index (χ0n) is 11.7. The first-order valence-corrected chi connectivity index (χ1v) is 6.07. The number of nitrogens with two attached hydrogens (primary N) is 1. The molecule has 0 aromatic heterocycles. The number of allylic oxidation sites excluding steroid dienone is 5. The molecule has 0 aromatic rings. The second-order valence-corrected chi connectivity index (χ2v) is 3.26. The van der Waals surface area contributed by atoms with E-state index >= 15 is 0 Å². The van der Waals surface area contributed by atoms with Crippen molar-refractivity contribution in [1.29, 1.82) is 0 Å². The Balaban J connectivity index is 0. The van der Waals surface area contributed by atoms with Crippen LogP contribution in [-0.2, 0) is 4.79 Å². The van der Waals surface area contributed by atoms with Gasteiger partial charge in [0.2, 0.25) is 5.91 Å². The van der Waals surface area contributed by atoms with Crippen LogP contribution >= 0.6 is 0 Å². The molecular formula is C14H26N2O. The van der Waals surface area contributed by atoms with Gasteiger partial charge < -0.3 is 11.1 Å². The van der Waals surface area contributed by atoms with E-state index in [0.717, 1.165) is 11.1 Å². The maximum atomic E-state index is 10.9. The third-order valence-corrected chi connectivity index (χ3v) is 1.86. The third-order valence-electron chi connectivity index (χ3n) is 1.86. The molecule has 0 aliphatic rings. The molecular weight excluding hydrogens is 212 g/mol. The number of hydrogen-bond acceptors (Lipinski definition) is 2. The summed E-state index contributed by atoms with van der Waals surface area (Å²) in [5.41, 5.74) is 7.42. The predicted octanol–water partition coefficient (Wildman–Crippen LogP) is 2.56. The van der Waals surface area contributed by atoms with Crippen molar-refractivity contribution in [1.82, 2.24) is 5.32 Å². The van der Waals surface area contributed by atoms with Crippen LogP contribution in [0.3, 0.4) is 0 Å². The average Bonchev–Trinajstić information content (AvgIpc) is 2.37. The Hall–Kier alpha value is -1.35. The van der Waals surface area contributed by atoms with Gasteiger partial charge in [-0.1, -0.05) is 43.7 Å². The molecule has 0 bridgehead atoms. The van der Waals surface area contributed by atoms with Crippen molar-refractivity contribution in [3.8, 4) is 0 Å². The number of rotatable bonds is 5. The topological polar surface area (TPSA) is 55.1 Å². The minimum absolute atomic E-state index is 0.0403. The van der Waals surface area contributed by atoms with Crippen LogP contribution in [0.4, 0.5) is 0 Å². The van der Waals surface area contributed by atoms with E-state index in [1.54, 1.807) is 0 Å². The van der Waals surface area contributed by atoms with Crippen LogP contribution in [0.15, 0.2) is 35.5 Å². The summed E-state index contributed by atoms with van der Waals surface area (Å²) in [5.74, 6) is -0.129. The van der Waals surface area contributed by atoms with Crippen molar-refractivity contribution in [3.05, 3.63) is 35.5 Å². The second kappa shape index (κ2) is 12.7. The highest BCUT2D eigenvalue weighted by Gasteiger charge is 1.96. The molecule has 3 N–H and O–H groups in total. The molecule has 0 heterocycles. The van der Waals surface area contributed by atoms with Gasteiger partial charge in [-0.25, -0.2) is 0 Å². The summed E-state index contributed by atoms with van der Waals surface area (Å²) in [5, 5.41) is 2.72. The zero-order chi connectivity index (χ0) is 13.7. The highest BCUT2D eigenvalue weighted by atomic mass is 16.1. The van der Waals surface area contributed by atoms with Gasteiger partial charge in [-0.05, 0) is 26.3 Å². The van der Waals surface area contributed by atoms with Gasteiger partial charge in [-0.15, -0.1) is 0 Å². The lowest BCUT2D eigenvalue weighted by atomic mass is 10.1. The van der Waals surface area contributed by atoms with E-state index in [0.29, 0.717) is 6.54 Å². The van der Waals surface area contributed by atoms with E-state index in [-0.39, 0.29) is 12.5 Å². The number of amides is 1. The van der Waals surface area contributed by atoms with Crippen molar-refractivity contribution in [2.75, 3.05) is 13.1 Å². The summed E-state index contributed by atoms with van der Waals surface area (Å²) in [6.07, 6.45) is 8.07. The molecule has 0 radical (unpaired) electrons. The summed E-state index contributed by atoms with van der Waals surface area (Å²) in [6, 6.07) is 0. The summed E-state index contributed by atoms with van der Waals surface area (Å²) < 4.78 is 0. The highest BCUT2D eigenvalue weighted by molar-refractivity contribution is 5.77. The van der Waals surface area contributed by atoms with Gasteiger partial charge in [0.25, 0.3) is 0 Å². The molecule has 98 valence electrons. The molecule has 0 rings (SSSR count). The Morgan fingerprint density at radius 3 is 2.29 bits per heavy atom. The molecule has 3 heteroatoms. The number of nitrogens with one attached hydrogen (secondary N) is 1. The van der Waals surface area contributed by atoms with Crippen molar-refractivity contribution in [2.45, 2.75) is 34.6 Å². The molecule has 0 saturated heterocycles. The number of carbonyl (C=O) groups is 1. The molecule has 1 amide bonds. The summed E-state index contributed by atoms with van der Waals surface area (Å²) in [6.45, 7) is 10.5. The molecule has 17 heavy (non-hydrogen) atoms. The molecule has 0 aliphatic carbocycles. The first-order chi connectivity index (χ1) is 8.13. The Kier molecular flexibility index (Phi) is 13.5. The summed E-state index contributed by atoms with van der Waals surface area (Å²) in [7, 11) is 0. The highest BCUT2D eigenvalue weighted by Crippen LogP contribution is 2.03. The van der Waals surface area contributed by atoms with Crippen LogP contribution in [0.25, 0.3) is 0 Å². The lowest BCUT2D eigenvalue weighted by molar-refractivity contribution is -0.119. The fourth-order valence-electron chi connectivity index (χ4n) is 1.07. The Labute approximate surface area is 105 Å². The van der Waals surface area contributed by atoms with Gasteiger partial charge in [-0.2, -0.15) is 0 Å². The molecule has 0 unspecified atom stereocenters. The Morgan fingerprint density at radius 2 is 1.88 bits per heavy atom. The molecule has 0 fully saturated rings. The van der Waals surface area contributed by atoms with Gasteiger partial charge >= 0.3 is 0 Å². The van der Waals surface area contributed by atoms with E-state index < -0.39 is 0 Å². The average molecular weight is 238 g/mol. The Morgan fingerprint density at radius 1 is 1.29 bits per heavy atom. The van der Waals surface area contributed by atoms with Crippen LogP contribution in [0.2, 0.25) is 0 Å². The smallest absolute Gasteiger partial charge is 0.233 e. The van der Waals surface area contributed by atoms with Gasteiger partial charge in [0.15, 0.2) is 0 Å². The van der Waals surface area contributed by atoms with Crippen LogP contribution in [0, 0.1) is 0 Å². The van der Waals surface area contributed by atoms with E-state index in [2.05, 4.69) is 5.32 Å². The van der Waals surface area contributed by atoms with E-state index in [4.69, 9.17) is 5.73 Å². The zero-order valence-corrected chi connectivity index (χ0v) is 11.7. The van der Waals surface area contributed by atoms with E-state index in [1.165, 1.54) is 0 Å². The normalized spacial score (nSPS) is 12.1. The van der Waals surface area contributed by atoms with Crippen molar-refractivity contribution < 1.29 is 4.79 Å². The maximum Gasteiger partial charge on any atom is 0.233 e. The fraction of sp³-hybridized carbons (Fsp3) is 0.500. The standard InChI is InChI=1S/C12H20N2O.C2H6/c1-4-6-11(5-2)7-10(3)9-14-12(15)8-13;1-2/h4-7H,8-9,13H2,1-3H3,(H,14,15);1-2H3/b6-4-,10-7+,11-5+;. The van der Waals surface area contributed by atoms with Crippen molar-refractivity contribution in [2.24, 2.45) is 5.73 Å². The minimum Gasteiger partial charge on any atom is -0.351 e. The maximum absolute atomic E-state index is 10.9. The first-order valence-electron chi connectivity index (χ1n) is 6.07. The largest absolute Gasteiger partial charge is 0.351 e. The first kappa shape index (κ1) is 18.0. The minimum atomic E-state index is -0.129. The lowest BCUT2D eigenvalue weighted by Gasteiger charge is -2.04. The summed E-state index contributed by atoms with van der Waals surface area (Å²) >= 11 is 0. The predicted molar refractivity (Wildman–Crippen MR) is 75.7 cm³/mol. The molecule has 3 nitrogen and oxygen atoms in total. The number of carbonyl (C=O) groups excluding carboxylic acids is 1. The fourth-order valence-corrected chi connectivity index (χ4v) is 1.07. The monoisotopic (exact) mass is 238 g/mol.